The van der Waals surface area contributed by atoms with E-state index in [0.29, 0.717) is 24.2 Å². The number of rotatable bonds is 4. The Balaban J connectivity index is 1.64. The van der Waals surface area contributed by atoms with Gasteiger partial charge < -0.3 is 19.1 Å². The molecular weight excluding hydrogens is 547 g/mol. The van der Waals surface area contributed by atoms with Gasteiger partial charge in [-0.3, -0.25) is 0 Å². The highest BCUT2D eigenvalue weighted by Crippen LogP contribution is 2.45. The van der Waals surface area contributed by atoms with Crippen LogP contribution in [0.5, 0.6) is 0 Å². The number of carbonyl (C=O) groups excluding carboxylic acids is 1. The summed E-state index contributed by atoms with van der Waals surface area (Å²) in [5, 5.41) is 0. The summed E-state index contributed by atoms with van der Waals surface area (Å²) in [6, 6.07) is 6.83. The SMILES string of the molecule is C[C@@H](OC1OCC2CN(C(=O)OC(C)(C)C)CC2C1c1ccc(F)cc1)c1cc(C(F)(F)F)cc(C(F)(F)F)c1. The topological polar surface area (TPSA) is 48.0 Å². The largest absolute Gasteiger partial charge is 0.444 e. The minimum Gasteiger partial charge on any atom is -0.444 e. The second-order valence-corrected chi connectivity index (χ2v) is 11.2. The Morgan fingerprint density at radius 1 is 0.950 bits per heavy atom. The quantitative estimate of drug-likeness (QED) is 0.352. The monoisotopic (exact) mass is 577 g/mol. The predicted octanol–water partition coefficient (Wildman–Crippen LogP) is 7.56. The van der Waals surface area contributed by atoms with Gasteiger partial charge in [-0.05, 0) is 75.1 Å². The average Bonchev–Trinajstić information content (AvgIpc) is 3.27. The van der Waals surface area contributed by atoms with Gasteiger partial charge in [0, 0.05) is 24.9 Å². The second-order valence-electron chi connectivity index (χ2n) is 11.2. The molecule has 4 rings (SSSR count). The molecule has 1 amide bonds. The second kappa shape index (κ2) is 10.8. The van der Waals surface area contributed by atoms with Gasteiger partial charge in [0.1, 0.15) is 11.4 Å². The molecule has 2 aromatic carbocycles. The Hall–Kier alpha value is -2.86. The number of carbonyl (C=O) groups is 1. The number of ether oxygens (including phenoxy) is 3. The lowest BCUT2D eigenvalue weighted by molar-refractivity contribution is -0.217. The normalized spacial score (nSPS) is 24.5. The first-order chi connectivity index (χ1) is 18.4. The van der Waals surface area contributed by atoms with Crippen molar-refractivity contribution in [3.05, 3.63) is 70.5 Å². The minimum absolute atomic E-state index is 0.0586. The number of nitrogens with zero attached hydrogens (tertiary/aromatic N) is 1. The number of fused-ring (bicyclic) bond motifs is 1. The molecule has 2 fully saturated rings. The maximum absolute atomic E-state index is 13.7. The summed E-state index contributed by atoms with van der Waals surface area (Å²) < 4.78 is 112. The summed E-state index contributed by atoms with van der Waals surface area (Å²) in [6.07, 6.45) is -12.8. The maximum atomic E-state index is 13.7. The summed E-state index contributed by atoms with van der Waals surface area (Å²) in [7, 11) is 0. The van der Waals surface area contributed by atoms with E-state index in [9.17, 15) is 35.5 Å². The molecule has 0 N–H and O–H groups in total. The number of halogens is 7. The third kappa shape index (κ3) is 6.88. The Labute approximate surface area is 227 Å². The van der Waals surface area contributed by atoms with E-state index < -0.39 is 59.3 Å². The van der Waals surface area contributed by atoms with Crippen molar-refractivity contribution in [2.45, 2.75) is 64.0 Å². The summed E-state index contributed by atoms with van der Waals surface area (Å²) >= 11 is 0. The lowest BCUT2D eigenvalue weighted by Crippen LogP contribution is -2.42. The van der Waals surface area contributed by atoms with Crippen LogP contribution >= 0.6 is 0 Å². The number of likely N-dealkylation sites (tertiary alicyclic amines) is 1. The molecule has 40 heavy (non-hydrogen) atoms. The van der Waals surface area contributed by atoms with Crippen LogP contribution in [0.25, 0.3) is 0 Å². The van der Waals surface area contributed by atoms with Crippen LogP contribution in [-0.4, -0.2) is 42.6 Å². The molecule has 4 unspecified atom stereocenters. The summed E-state index contributed by atoms with van der Waals surface area (Å²) in [5.41, 5.74) is -3.35. The first-order valence-corrected chi connectivity index (χ1v) is 12.7. The molecule has 12 heteroatoms. The summed E-state index contributed by atoms with van der Waals surface area (Å²) in [4.78, 5) is 14.3. The van der Waals surface area contributed by atoms with Crippen LogP contribution in [0, 0.1) is 17.7 Å². The molecule has 2 aliphatic heterocycles. The van der Waals surface area contributed by atoms with Crippen LogP contribution in [0.15, 0.2) is 42.5 Å². The molecule has 0 saturated carbocycles. The molecule has 5 atom stereocenters. The van der Waals surface area contributed by atoms with E-state index in [2.05, 4.69) is 0 Å². The van der Waals surface area contributed by atoms with E-state index >= 15 is 0 Å². The molecule has 2 aromatic rings. The third-order valence-electron chi connectivity index (χ3n) is 7.04. The van der Waals surface area contributed by atoms with E-state index in [1.807, 2.05) is 0 Å². The zero-order valence-corrected chi connectivity index (χ0v) is 22.3. The van der Waals surface area contributed by atoms with Crippen molar-refractivity contribution >= 4 is 6.09 Å². The van der Waals surface area contributed by atoms with Crippen LogP contribution in [0.3, 0.4) is 0 Å². The smallest absolute Gasteiger partial charge is 0.416 e. The lowest BCUT2D eigenvalue weighted by Gasteiger charge is -2.40. The van der Waals surface area contributed by atoms with Crippen LogP contribution in [0.2, 0.25) is 0 Å². The Morgan fingerprint density at radius 3 is 2.05 bits per heavy atom. The van der Waals surface area contributed by atoms with E-state index in [4.69, 9.17) is 14.2 Å². The summed E-state index contributed by atoms with van der Waals surface area (Å²) in [6.45, 7) is 7.26. The van der Waals surface area contributed by atoms with Gasteiger partial charge in [-0.1, -0.05) is 12.1 Å². The van der Waals surface area contributed by atoms with Crippen LogP contribution in [0.1, 0.15) is 62.0 Å². The molecule has 0 bridgehead atoms. The fraction of sp³-hybridized carbons (Fsp3) is 0.536. The van der Waals surface area contributed by atoms with Crippen molar-refractivity contribution in [3.8, 4) is 0 Å². The number of hydrogen-bond acceptors (Lipinski definition) is 4. The fourth-order valence-corrected chi connectivity index (χ4v) is 5.19. The first-order valence-electron chi connectivity index (χ1n) is 12.7. The van der Waals surface area contributed by atoms with Gasteiger partial charge in [0.05, 0.1) is 23.8 Å². The predicted molar refractivity (Wildman–Crippen MR) is 130 cm³/mol. The van der Waals surface area contributed by atoms with Crippen LogP contribution in [-0.2, 0) is 26.6 Å². The number of amides is 1. The Bertz CT molecular complexity index is 1170. The molecule has 2 heterocycles. The number of benzene rings is 2. The fourth-order valence-electron chi connectivity index (χ4n) is 5.19. The van der Waals surface area contributed by atoms with Gasteiger partial charge in [-0.25, -0.2) is 9.18 Å². The number of hydrogen-bond donors (Lipinski definition) is 0. The third-order valence-corrected chi connectivity index (χ3v) is 7.04. The molecule has 0 radical (unpaired) electrons. The van der Waals surface area contributed by atoms with Crippen LogP contribution < -0.4 is 0 Å². The van der Waals surface area contributed by atoms with E-state index in [-0.39, 0.29) is 36.6 Å². The standard InChI is InChI=1S/C28H30F7NO4/c1-15(17-9-19(27(30,31)32)11-20(10-17)28(33,34)35)39-24-23(16-5-7-21(29)8-6-16)22-13-36(12-18(22)14-38-24)25(37)40-26(2,3)4/h5-11,15,18,22-24H,12-14H2,1-4H3/t15-,18?,22?,23?,24?/m1/s1. The van der Waals surface area contributed by atoms with E-state index in [1.54, 1.807) is 20.8 Å². The first kappa shape index (κ1) is 30.1. The van der Waals surface area contributed by atoms with Crippen molar-refractivity contribution in [1.29, 1.82) is 0 Å². The van der Waals surface area contributed by atoms with E-state index in [0.717, 1.165) is 0 Å². The van der Waals surface area contributed by atoms with Gasteiger partial charge in [-0.2, -0.15) is 26.3 Å². The molecule has 0 spiro atoms. The molecule has 0 aliphatic carbocycles. The van der Waals surface area contributed by atoms with Gasteiger partial charge in [0.2, 0.25) is 0 Å². The molecule has 0 aromatic heterocycles. The molecular formula is C28H30F7NO4. The van der Waals surface area contributed by atoms with Crippen molar-refractivity contribution < 1.29 is 49.7 Å². The molecule has 5 nitrogen and oxygen atoms in total. The average molecular weight is 578 g/mol. The van der Waals surface area contributed by atoms with Crippen molar-refractivity contribution in [2.75, 3.05) is 19.7 Å². The lowest BCUT2D eigenvalue weighted by atomic mass is 9.77. The van der Waals surface area contributed by atoms with Crippen LogP contribution in [0.4, 0.5) is 35.5 Å². The summed E-state index contributed by atoms with van der Waals surface area (Å²) in [5.74, 6) is -1.49. The van der Waals surface area contributed by atoms with Gasteiger partial charge >= 0.3 is 18.4 Å². The number of alkyl halides is 6. The zero-order valence-electron chi connectivity index (χ0n) is 22.3. The van der Waals surface area contributed by atoms with E-state index in [1.165, 1.54) is 36.1 Å². The van der Waals surface area contributed by atoms with Gasteiger partial charge in [-0.15, -0.1) is 0 Å². The van der Waals surface area contributed by atoms with Crippen molar-refractivity contribution in [1.82, 2.24) is 4.90 Å². The maximum Gasteiger partial charge on any atom is 0.416 e. The zero-order chi connectivity index (χ0) is 29.6. The Morgan fingerprint density at radius 2 is 1.52 bits per heavy atom. The molecule has 220 valence electrons. The highest BCUT2D eigenvalue weighted by atomic mass is 19.4. The molecule has 2 saturated heterocycles. The Kier molecular flexibility index (Phi) is 8.16. The van der Waals surface area contributed by atoms with Gasteiger partial charge in [0.25, 0.3) is 0 Å². The van der Waals surface area contributed by atoms with Gasteiger partial charge in [0.15, 0.2) is 6.29 Å². The van der Waals surface area contributed by atoms with Crippen molar-refractivity contribution in [3.63, 3.8) is 0 Å². The van der Waals surface area contributed by atoms with Crippen molar-refractivity contribution in [2.24, 2.45) is 11.8 Å². The highest BCUT2D eigenvalue weighted by Gasteiger charge is 2.49. The minimum atomic E-state index is -5.00. The highest BCUT2D eigenvalue weighted by molar-refractivity contribution is 5.68. The molecule has 2 aliphatic rings.